The molecule has 170 valence electrons. The Labute approximate surface area is 184 Å². The van der Waals surface area contributed by atoms with E-state index in [1.165, 1.54) is 12.1 Å². The second-order valence-corrected chi connectivity index (χ2v) is 7.89. The van der Waals surface area contributed by atoms with Gasteiger partial charge in [0.05, 0.1) is 5.52 Å². The Bertz CT molecular complexity index is 1050. The number of benzene rings is 2. The molecule has 0 radical (unpaired) electrons. The van der Waals surface area contributed by atoms with Crippen molar-refractivity contribution in [3.05, 3.63) is 54.1 Å². The van der Waals surface area contributed by atoms with Crippen molar-refractivity contribution in [1.82, 2.24) is 15.3 Å². The number of ether oxygens (including phenoxy) is 1. The van der Waals surface area contributed by atoms with E-state index in [1.54, 1.807) is 12.1 Å². The summed E-state index contributed by atoms with van der Waals surface area (Å²) >= 11 is 0. The van der Waals surface area contributed by atoms with Crippen molar-refractivity contribution in [1.29, 1.82) is 0 Å². The van der Waals surface area contributed by atoms with Crippen LogP contribution in [0.3, 0.4) is 0 Å². The van der Waals surface area contributed by atoms with Gasteiger partial charge in [0.25, 0.3) is 0 Å². The molecule has 0 spiro atoms. The van der Waals surface area contributed by atoms with Crippen molar-refractivity contribution < 1.29 is 17.9 Å². The SMILES string of the molecule is CNc1nc(N[C@H]2CC[C@@H](NCc3ccccc3OC(F)(F)F)CC2)nc2ccccc12. The molecule has 6 nitrogen and oxygen atoms in total. The molecular formula is C23H26F3N5O. The van der Waals surface area contributed by atoms with Gasteiger partial charge in [-0.15, -0.1) is 13.2 Å². The van der Waals surface area contributed by atoms with Crippen molar-refractivity contribution in [3.63, 3.8) is 0 Å². The topological polar surface area (TPSA) is 71.1 Å². The summed E-state index contributed by atoms with van der Waals surface area (Å²) in [5, 5.41) is 10.9. The normalized spacial score (nSPS) is 19.0. The Morgan fingerprint density at radius 3 is 2.38 bits per heavy atom. The van der Waals surface area contributed by atoms with Crippen LogP contribution in [0.1, 0.15) is 31.2 Å². The predicted molar refractivity (Wildman–Crippen MR) is 119 cm³/mol. The monoisotopic (exact) mass is 445 g/mol. The lowest BCUT2D eigenvalue weighted by atomic mass is 9.91. The molecule has 0 amide bonds. The van der Waals surface area contributed by atoms with Crippen molar-refractivity contribution in [2.75, 3.05) is 17.7 Å². The van der Waals surface area contributed by atoms with E-state index in [0.717, 1.165) is 42.4 Å². The number of alkyl halides is 3. The molecule has 0 saturated heterocycles. The maximum atomic E-state index is 12.6. The van der Waals surface area contributed by atoms with Gasteiger partial charge in [-0.1, -0.05) is 30.3 Å². The van der Waals surface area contributed by atoms with Crippen LogP contribution in [0.15, 0.2) is 48.5 Å². The van der Waals surface area contributed by atoms with E-state index in [2.05, 4.69) is 30.7 Å². The zero-order chi connectivity index (χ0) is 22.6. The van der Waals surface area contributed by atoms with Crippen LogP contribution in [0.25, 0.3) is 10.9 Å². The highest BCUT2D eigenvalue weighted by Crippen LogP contribution is 2.28. The number of anilines is 2. The lowest BCUT2D eigenvalue weighted by Crippen LogP contribution is -2.37. The van der Waals surface area contributed by atoms with Crippen LogP contribution in [-0.4, -0.2) is 35.5 Å². The molecule has 1 aromatic heterocycles. The first-order valence-corrected chi connectivity index (χ1v) is 10.7. The van der Waals surface area contributed by atoms with E-state index in [-0.39, 0.29) is 17.8 Å². The van der Waals surface area contributed by atoms with E-state index in [1.807, 2.05) is 31.3 Å². The van der Waals surface area contributed by atoms with Gasteiger partial charge in [-0.2, -0.15) is 4.98 Å². The first-order valence-electron chi connectivity index (χ1n) is 10.7. The van der Waals surface area contributed by atoms with Crippen molar-refractivity contribution in [2.45, 2.75) is 50.7 Å². The summed E-state index contributed by atoms with van der Waals surface area (Å²) in [6.45, 7) is 0.328. The smallest absolute Gasteiger partial charge is 0.405 e. The minimum absolute atomic E-state index is 0.156. The third-order valence-corrected chi connectivity index (χ3v) is 5.68. The molecule has 9 heteroatoms. The second kappa shape index (κ2) is 9.60. The molecule has 32 heavy (non-hydrogen) atoms. The van der Waals surface area contributed by atoms with Gasteiger partial charge in [-0.3, -0.25) is 0 Å². The Balaban J connectivity index is 1.31. The number of nitrogens with one attached hydrogen (secondary N) is 3. The summed E-state index contributed by atoms with van der Waals surface area (Å²) in [6.07, 6.45) is -1.04. The number of nitrogens with zero attached hydrogens (tertiary/aromatic N) is 2. The molecule has 1 saturated carbocycles. The second-order valence-electron chi connectivity index (χ2n) is 7.89. The van der Waals surface area contributed by atoms with E-state index in [9.17, 15) is 13.2 Å². The lowest BCUT2D eigenvalue weighted by molar-refractivity contribution is -0.274. The molecule has 0 bridgehead atoms. The lowest BCUT2D eigenvalue weighted by Gasteiger charge is -2.30. The van der Waals surface area contributed by atoms with E-state index >= 15 is 0 Å². The molecule has 1 aliphatic carbocycles. The average molecular weight is 445 g/mol. The van der Waals surface area contributed by atoms with Crippen LogP contribution in [0.5, 0.6) is 5.75 Å². The first kappa shape index (κ1) is 22.1. The third kappa shape index (κ3) is 5.59. The Hall–Kier alpha value is -3.07. The van der Waals surface area contributed by atoms with Gasteiger partial charge < -0.3 is 20.7 Å². The van der Waals surface area contributed by atoms with Gasteiger partial charge in [0.2, 0.25) is 5.95 Å². The van der Waals surface area contributed by atoms with Crippen LogP contribution in [0.4, 0.5) is 24.9 Å². The summed E-state index contributed by atoms with van der Waals surface area (Å²) in [5.74, 6) is 1.23. The van der Waals surface area contributed by atoms with Gasteiger partial charge in [0.15, 0.2) is 0 Å². The zero-order valence-corrected chi connectivity index (χ0v) is 17.7. The molecule has 1 aliphatic rings. The Morgan fingerprint density at radius 2 is 1.62 bits per heavy atom. The molecular weight excluding hydrogens is 419 g/mol. The van der Waals surface area contributed by atoms with Crippen LogP contribution in [0, 0.1) is 0 Å². The molecule has 1 fully saturated rings. The average Bonchev–Trinajstić information content (AvgIpc) is 2.78. The Morgan fingerprint density at radius 1 is 0.938 bits per heavy atom. The maximum absolute atomic E-state index is 12.6. The molecule has 0 atom stereocenters. The minimum Gasteiger partial charge on any atom is -0.405 e. The van der Waals surface area contributed by atoms with Crippen LogP contribution >= 0.6 is 0 Å². The fourth-order valence-corrected chi connectivity index (χ4v) is 4.08. The highest BCUT2D eigenvalue weighted by Gasteiger charge is 2.32. The number of hydrogen-bond donors (Lipinski definition) is 3. The number of para-hydroxylation sites is 2. The van der Waals surface area contributed by atoms with Gasteiger partial charge in [-0.25, -0.2) is 4.98 Å². The third-order valence-electron chi connectivity index (χ3n) is 5.68. The van der Waals surface area contributed by atoms with Crippen LogP contribution in [-0.2, 0) is 6.54 Å². The highest BCUT2D eigenvalue weighted by atomic mass is 19.4. The summed E-state index contributed by atoms with van der Waals surface area (Å²) in [7, 11) is 1.84. The van der Waals surface area contributed by atoms with E-state index < -0.39 is 6.36 Å². The van der Waals surface area contributed by atoms with E-state index in [4.69, 9.17) is 0 Å². The summed E-state index contributed by atoms with van der Waals surface area (Å²) < 4.78 is 42.0. The molecule has 1 heterocycles. The number of fused-ring (bicyclic) bond motifs is 1. The maximum Gasteiger partial charge on any atom is 0.573 e. The molecule has 3 aromatic rings. The summed E-state index contributed by atoms with van der Waals surface area (Å²) in [4.78, 5) is 9.22. The van der Waals surface area contributed by atoms with Gasteiger partial charge in [0, 0.05) is 36.6 Å². The molecule has 0 unspecified atom stereocenters. The highest BCUT2D eigenvalue weighted by molar-refractivity contribution is 5.89. The number of halogens is 3. The largest absolute Gasteiger partial charge is 0.573 e. The van der Waals surface area contributed by atoms with Crippen molar-refractivity contribution in [2.24, 2.45) is 0 Å². The molecule has 2 aromatic carbocycles. The van der Waals surface area contributed by atoms with Gasteiger partial charge in [0.1, 0.15) is 11.6 Å². The molecule has 0 aliphatic heterocycles. The summed E-state index contributed by atoms with van der Waals surface area (Å²) in [6, 6.07) is 14.6. The van der Waals surface area contributed by atoms with Gasteiger partial charge >= 0.3 is 6.36 Å². The number of rotatable bonds is 7. The standard InChI is InChI=1S/C23H26F3N5O/c1-27-21-18-7-3-4-8-19(18)30-22(31-21)29-17-12-10-16(11-13-17)28-14-15-6-2-5-9-20(15)32-23(24,25)26/h2-9,16-17,28H,10-14H2,1H3,(H2,27,29,30,31)/t16-,17+. The number of aromatic nitrogens is 2. The number of hydrogen-bond acceptors (Lipinski definition) is 6. The van der Waals surface area contributed by atoms with Crippen LogP contribution in [0.2, 0.25) is 0 Å². The van der Waals surface area contributed by atoms with Gasteiger partial charge in [-0.05, 0) is 43.9 Å². The van der Waals surface area contributed by atoms with Crippen LogP contribution < -0.4 is 20.7 Å². The summed E-state index contributed by atoms with van der Waals surface area (Å²) in [5.41, 5.74) is 1.37. The quantitative estimate of drug-likeness (QED) is 0.471. The fourth-order valence-electron chi connectivity index (χ4n) is 4.08. The molecule has 3 N–H and O–H groups in total. The Kier molecular flexibility index (Phi) is 6.64. The van der Waals surface area contributed by atoms with E-state index in [0.29, 0.717) is 18.1 Å². The fraction of sp³-hybridized carbons (Fsp3) is 0.391. The molecule has 4 rings (SSSR count). The predicted octanol–water partition coefficient (Wildman–Crippen LogP) is 5.08. The van der Waals surface area contributed by atoms with Crippen molar-refractivity contribution in [3.8, 4) is 5.75 Å². The van der Waals surface area contributed by atoms with Crippen molar-refractivity contribution >= 4 is 22.7 Å². The zero-order valence-electron chi connectivity index (χ0n) is 17.7. The minimum atomic E-state index is -4.70. The first-order chi connectivity index (χ1) is 15.4.